The van der Waals surface area contributed by atoms with Crippen LogP contribution in [0.5, 0.6) is 0 Å². The van der Waals surface area contributed by atoms with E-state index in [4.69, 9.17) is 0 Å². The summed E-state index contributed by atoms with van der Waals surface area (Å²) in [7, 11) is 0. The summed E-state index contributed by atoms with van der Waals surface area (Å²) in [6.45, 7) is 3.83. The van der Waals surface area contributed by atoms with Gasteiger partial charge in [0.05, 0.1) is 11.9 Å². The van der Waals surface area contributed by atoms with Gasteiger partial charge < -0.3 is 4.42 Å². The third-order valence-corrected chi connectivity index (χ3v) is 1.97. The summed E-state index contributed by atoms with van der Waals surface area (Å²) >= 11 is 0. The second-order valence-corrected chi connectivity index (χ2v) is 2.85. The third kappa shape index (κ3) is 1.40. The number of hydrogen-bond donors (Lipinski definition) is 0. The monoisotopic (exact) mass is 187 g/mol. The van der Waals surface area contributed by atoms with Gasteiger partial charge in [0.1, 0.15) is 6.26 Å². The van der Waals surface area contributed by atoms with E-state index in [1.165, 1.54) is 10.8 Å². The van der Waals surface area contributed by atoms with Crippen molar-refractivity contribution in [3.8, 4) is 0 Å². The molecule has 2 rings (SSSR count). The van der Waals surface area contributed by atoms with Crippen LogP contribution in [-0.4, -0.2) is 4.57 Å². The van der Waals surface area contributed by atoms with Crippen molar-refractivity contribution in [1.82, 2.24) is 4.57 Å². The Labute approximate surface area is 80.9 Å². The molecule has 0 unspecified atom stereocenters. The number of nitrogens with zero attached hydrogens (tertiary/aromatic N) is 1. The van der Waals surface area contributed by atoms with Crippen molar-refractivity contribution in [2.75, 3.05) is 0 Å². The van der Waals surface area contributed by atoms with Gasteiger partial charge in [0.25, 0.3) is 0 Å². The molecule has 0 aliphatic rings. The lowest BCUT2D eigenvalue weighted by Gasteiger charge is -2.03. The van der Waals surface area contributed by atoms with E-state index in [0.29, 0.717) is 5.70 Å². The summed E-state index contributed by atoms with van der Waals surface area (Å²) in [4.78, 5) is 11.2. The summed E-state index contributed by atoms with van der Waals surface area (Å²) in [6, 6.07) is 9.48. The fourth-order valence-corrected chi connectivity index (χ4v) is 1.24. The zero-order chi connectivity index (χ0) is 9.97. The molecule has 0 fully saturated rings. The highest BCUT2D eigenvalue weighted by Gasteiger charge is 2.03. The molecule has 0 bridgehead atoms. The molecule has 0 radical (unpaired) electrons. The highest BCUT2D eigenvalue weighted by Crippen LogP contribution is 2.11. The molecule has 1 heterocycles. The van der Waals surface area contributed by atoms with Crippen LogP contribution in [-0.2, 0) is 0 Å². The van der Waals surface area contributed by atoms with Crippen LogP contribution in [0.1, 0.15) is 5.56 Å². The third-order valence-electron chi connectivity index (χ3n) is 1.97. The minimum absolute atomic E-state index is 0.418. The van der Waals surface area contributed by atoms with E-state index in [1.807, 2.05) is 30.3 Å². The predicted molar refractivity (Wildman–Crippen MR) is 53.8 cm³/mol. The van der Waals surface area contributed by atoms with Crippen LogP contribution in [0.25, 0.3) is 5.70 Å². The van der Waals surface area contributed by atoms with Crippen molar-refractivity contribution in [2.24, 2.45) is 0 Å². The minimum atomic E-state index is -0.418. The number of aromatic nitrogens is 1. The molecular formula is C11H9NO2. The lowest BCUT2D eigenvalue weighted by atomic mass is 10.2. The zero-order valence-corrected chi connectivity index (χ0v) is 7.51. The Morgan fingerprint density at radius 1 is 1.29 bits per heavy atom. The van der Waals surface area contributed by atoms with E-state index in [-0.39, 0.29) is 0 Å². The van der Waals surface area contributed by atoms with Gasteiger partial charge in [-0.3, -0.25) is 0 Å². The number of oxazole rings is 1. The molecule has 0 N–H and O–H groups in total. The Morgan fingerprint density at radius 3 is 2.57 bits per heavy atom. The lowest BCUT2D eigenvalue weighted by molar-refractivity contribution is 0.505. The normalized spacial score (nSPS) is 10.0. The molecule has 0 saturated heterocycles. The molecule has 1 aromatic carbocycles. The van der Waals surface area contributed by atoms with E-state index in [2.05, 4.69) is 11.0 Å². The van der Waals surface area contributed by atoms with Crippen molar-refractivity contribution in [1.29, 1.82) is 0 Å². The Morgan fingerprint density at radius 2 is 2.00 bits per heavy atom. The quantitative estimate of drug-likeness (QED) is 0.720. The maximum absolute atomic E-state index is 11.2. The van der Waals surface area contributed by atoms with Gasteiger partial charge in [0.2, 0.25) is 0 Å². The molecule has 0 spiro atoms. The average Bonchev–Trinajstić information content (AvgIpc) is 2.65. The van der Waals surface area contributed by atoms with Gasteiger partial charge >= 0.3 is 5.76 Å². The number of benzene rings is 1. The van der Waals surface area contributed by atoms with E-state index >= 15 is 0 Å². The van der Waals surface area contributed by atoms with E-state index in [1.54, 1.807) is 6.20 Å². The van der Waals surface area contributed by atoms with Crippen LogP contribution in [0.2, 0.25) is 0 Å². The van der Waals surface area contributed by atoms with Gasteiger partial charge in [0, 0.05) is 0 Å². The zero-order valence-electron chi connectivity index (χ0n) is 7.51. The SMILES string of the molecule is C=C(c1ccccc1)n1ccoc1=O. The van der Waals surface area contributed by atoms with Gasteiger partial charge in [-0.2, -0.15) is 0 Å². The van der Waals surface area contributed by atoms with Gasteiger partial charge in [-0.1, -0.05) is 36.9 Å². The molecule has 70 valence electrons. The maximum Gasteiger partial charge on any atom is 0.423 e. The lowest BCUT2D eigenvalue weighted by Crippen LogP contribution is -2.12. The van der Waals surface area contributed by atoms with Crippen molar-refractivity contribution in [3.63, 3.8) is 0 Å². The minimum Gasteiger partial charge on any atom is -0.416 e. The van der Waals surface area contributed by atoms with E-state index < -0.39 is 5.76 Å². The summed E-state index contributed by atoms with van der Waals surface area (Å²) in [5.41, 5.74) is 1.51. The predicted octanol–water partition coefficient (Wildman–Crippen LogP) is 1.96. The van der Waals surface area contributed by atoms with E-state index in [0.717, 1.165) is 5.56 Å². The van der Waals surface area contributed by atoms with Crippen molar-refractivity contribution < 1.29 is 4.42 Å². The highest BCUT2D eigenvalue weighted by molar-refractivity contribution is 5.62. The molecule has 0 saturated carbocycles. The number of rotatable bonds is 2. The van der Waals surface area contributed by atoms with E-state index in [9.17, 15) is 4.79 Å². The van der Waals surface area contributed by atoms with Crippen molar-refractivity contribution in [3.05, 3.63) is 65.5 Å². The fraction of sp³-hybridized carbons (Fsp3) is 0. The maximum atomic E-state index is 11.2. The van der Waals surface area contributed by atoms with Crippen molar-refractivity contribution in [2.45, 2.75) is 0 Å². The molecule has 0 atom stereocenters. The first-order valence-corrected chi connectivity index (χ1v) is 4.20. The van der Waals surface area contributed by atoms with Crippen LogP contribution < -0.4 is 5.76 Å². The molecule has 0 aliphatic heterocycles. The summed E-state index contributed by atoms with van der Waals surface area (Å²) in [5, 5.41) is 0. The molecule has 2 aromatic rings. The molecule has 3 heteroatoms. The Bertz CT molecular complexity index is 493. The van der Waals surface area contributed by atoms with Crippen LogP contribution >= 0.6 is 0 Å². The van der Waals surface area contributed by atoms with Crippen LogP contribution in [0.3, 0.4) is 0 Å². The fourth-order valence-electron chi connectivity index (χ4n) is 1.24. The van der Waals surface area contributed by atoms with Crippen LogP contribution in [0.15, 0.2) is 58.6 Å². The molecule has 3 nitrogen and oxygen atoms in total. The largest absolute Gasteiger partial charge is 0.423 e. The Kier molecular flexibility index (Phi) is 2.07. The molecular weight excluding hydrogens is 178 g/mol. The first-order valence-electron chi connectivity index (χ1n) is 4.20. The summed E-state index contributed by atoms with van der Waals surface area (Å²) in [6.07, 6.45) is 2.90. The molecule has 1 aromatic heterocycles. The van der Waals surface area contributed by atoms with Crippen LogP contribution in [0, 0.1) is 0 Å². The number of hydrogen-bond acceptors (Lipinski definition) is 2. The van der Waals surface area contributed by atoms with Crippen molar-refractivity contribution >= 4 is 5.70 Å². The van der Waals surface area contributed by atoms with Gasteiger partial charge in [0.15, 0.2) is 0 Å². The second-order valence-electron chi connectivity index (χ2n) is 2.85. The van der Waals surface area contributed by atoms with Crippen LogP contribution in [0.4, 0.5) is 0 Å². The summed E-state index contributed by atoms with van der Waals surface area (Å²) in [5.74, 6) is -0.418. The molecule has 0 amide bonds. The standard InChI is InChI=1S/C11H9NO2/c1-9(10-5-3-2-4-6-10)12-7-8-14-11(12)13/h2-8H,1H2. The molecule has 0 aliphatic carbocycles. The van der Waals surface area contributed by atoms with Gasteiger partial charge in [-0.15, -0.1) is 0 Å². The first kappa shape index (κ1) is 8.56. The Balaban J connectivity index is 2.44. The average molecular weight is 187 g/mol. The first-order chi connectivity index (χ1) is 6.79. The topological polar surface area (TPSA) is 35.1 Å². The summed E-state index contributed by atoms with van der Waals surface area (Å²) < 4.78 is 6.02. The van der Waals surface area contributed by atoms with Gasteiger partial charge in [-0.05, 0) is 5.56 Å². The second kappa shape index (κ2) is 3.38. The Hall–Kier alpha value is -2.03. The van der Waals surface area contributed by atoms with Gasteiger partial charge in [-0.25, -0.2) is 9.36 Å². The smallest absolute Gasteiger partial charge is 0.416 e. The highest BCUT2D eigenvalue weighted by atomic mass is 16.4. The molecule has 14 heavy (non-hydrogen) atoms.